The molecule has 6 nitrogen and oxygen atoms in total. The molecular weight excluding hydrogens is 300 g/mol. The summed E-state index contributed by atoms with van der Waals surface area (Å²) in [6.07, 6.45) is 2.18. The van der Waals surface area contributed by atoms with Crippen molar-refractivity contribution in [1.29, 1.82) is 0 Å². The van der Waals surface area contributed by atoms with Crippen LogP contribution in [0.25, 0.3) is 0 Å². The summed E-state index contributed by atoms with van der Waals surface area (Å²) in [6.45, 7) is 11.1. The molecule has 2 N–H and O–H groups in total. The SMILES string of the molecule is CCCCn1c(S[C@H](C)C(=O)NC(=O)NCC)nc(C)c1C. The van der Waals surface area contributed by atoms with Crippen LogP contribution in [0.15, 0.2) is 5.16 Å². The van der Waals surface area contributed by atoms with E-state index in [-0.39, 0.29) is 11.2 Å². The van der Waals surface area contributed by atoms with Gasteiger partial charge >= 0.3 is 6.03 Å². The van der Waals surface area contributed by atoms with Crippen molar-refractivity contribution in [3.63, 3.8) is 0 Å². The lowest BCUT2D eigenvalue weighted by Gasteiger charge is -2.13. The van der Waals surface area contributed by atoms with Gasteiger partial charge in [-0.25, -0.2) is 9.78 Å². The summed E-state index contributed by atoms with van der Waals surface area (Å²) in [5.74, 6) is -0.309. The Hall–Kier alpha value is -1.50. The first-order chi connectivity index (χ1) is 10.4. The second kappa shape index (κ2) is 8.82. The van der Waals surface area contributed by atoms with E-state index in [1.807, 2.05) is 13.8 Å². The van der Waals surface area contributed by atoms with Gasteiger partial charge < -0.3 is 9.88 Å². The zero-order chi connectivity index (χ0) is 16.7. The van der Waals surface area contributed by atoms with Crippen LogP contribution in [0.1, 0.15) is 45.0 Å². The number of nitrogens with one attached hydrogen (secondary N) is 2. The highest BCUT2D eigenvalue weighted by atomic mass is 32.2. The average Bonchev–Trinajstić information content (AvgIpc) is 2.71. The number of carbonyl (C=O) groups is 2. The van der Waals surface area contributed by atoms with E-state index in [9.17, 15) is 9.59 Å². The predicted molar refractivity (Wildman–Crippen MR) is 89.1 cm³/mol. The Morgan fingerprint density at radius 3 is 2.59 bits per heavy atom. The Labute approximate surface area is 136 Å². The van der Waals surface area contributed by atoms with E-state index < -0.39 is 6.03 Å². The molecule has 7 heteroatoms. The number of rotatable bonds is 7. The first kappa shape index (κ1) is 18.5. The van der Waals surface area contributed by atoms with Crippen molar-refractivity contribution in [3.8, 4) is 0 Å². The molecule has 3 amide bonds. The Bertz CT molecular complexity index is 528. The van der Waals surface area contributed by atoms with Gasteiger partial charge in [-0.05, 0) is 34.1 Å². The van der Waals surface area contributed by atoms with Gasteiger partial charge in [-0.2, -0.15) is 0 Å². The molecule has 1 aromatic rings. The van der Waals surface area contributed by atoms with Gasteiger partial charge in [-0.1, -0.05) is 25.1 Å². The van der Waals surface area contributed by atoms with Gasteiger partial charge in [-0.3, -0.25) is 10.1 Å². The fraction of sp³-hybridized carbons (Fsp3) is 0.667. The minimum Gasteiger partial charge on any atom is -0.338 e. The number of aromatic nitrogens is 2. The van der Waals surface area contributed by atoms with Crippen LogP contribution in [-0.2, 0) is 11.3 Å². The molecule has 0 aliphatic heterocycles. The number of hydrogen-bond donors (Lipinski definition) is 2. The average molecular weight is 326 g/mol. The highest BCUT2D eigenvalue weighted by Gasteiger charge is 2.20. The maximum absolute atomic E-state index is 12.0. The van der Waals surface area contributed by atoms with Crippen molar-refractivity contribution < 1.29 is 9.59 Å². The normalized spacial score (nSPS) is 12.0. The predicted octanol–water partition coefficient (Wildman–Crippen LogP) is 2.63. The van der Waals surface area contributed by atoms with Crippen molar-refractivity contribution >= 4 is 23.7 Å². The molecule has 0 aliphatic rings. The number of carbonyl (C=O) groups excluding carboxylic acids is 2. The van der Waals surface area contributed by atoms with Crippen molar-refractivity contribution in [2.75, 3.05) is 6.54 Å². The smallest absolute Gasteiger partial charge is 0.321 e. The Morgan fingerprint density at radius 1 is 1.32 bits per heavy atom. The lowest BCUT2D eigenvalue weighted by Crippen LogP contribution is -2.42. The van der Waals surface area contributed by atoms with E-state index in [1.165, 1.54) is 11.8 Å². The molecule has 0 saturated carbocycles. The van der Waals surface area contributed by atoms with Crippen molar-refractivity contribution in [1.82, 2.24) is 20.2 Å². The van der Waals surface area contributed by atoms with Crippen LogP contribution in [0.2, 0.25) is 0 Å². The van der Waals surface area contributed by atoms with E-state index in [2.05, 4.69) is 27.1 Å². The third-order valence-corrected chi connectivity index (χ3v) is 4.47. The zero-order valence-electron chi connectivity index (χ0n) is 14.0. The zero-order valence-corrected chi connectivity index (χ0v) is 14.8. The molecule has 1 aromatic heterocycles. The number of unbranched alkanes of at least 4 members (excludes halogenated alkanes) is 1. The quantitative estimate of drug-likeness (QED) is 0.755. The summed E-state index contributed by atoms with van der Waals surface area (Å²) in [4.78, 5) is 28.0. The summed E-state index contributed by atoms with van der Waals surface area (Å²) in [6, 6.07) is -0.457. The van der Waals surface area contributed by atoms with Crippen LogP contribution in [0, 0.1) is 13.8 Å². The molecule has 0 bridgehead atoms. The Kier molecular flexibility index (Phi) is 7.44. The van der Waals surface area contributed by atoms with E-state index in [0.717, 1.165) is 35.9 Å². The van der Waals surface area contributed by atoms with Crippen LogP contribution in [0.5, 0.6) is 0 Å². The molecule has 0 unspecified atom stereocenters. The molecule has 0 aromatic carbocycles. The molecule has 22 heavy (non-hydrogen) atoms. The Balaban J connectivity index is 2.74. The van der Waals surface area contributed by atoms with E-state index in [1.54, 1.807) is 13.8 Å². The molecular formula is C15H26N4O2S. The van der Waals surface area contributed by atoms with Gasteiger partial charge in [0, 0.05) is 18.8 Å². The molecule has 0 spiro atoms. The Morgan fingerprint density at radius 2 is 2.00 bits per heavy atom. The number of imidazole rings is 1. The van der Waals surface area contributed by atoms with Crippen molar-refractivity contribution in [3.05, 3.63) is 11.4 Å². The topological polar surface area (TPSA) is 76.0 Å². The van der Waals surface area contributed by atoms with Crippen LogP contribution >= 0.6 is 11.8 Å². The van der Waals surface area contributed by atoms with Gasteiger partial charge in [0.2, 0.25) is 5.91 Å². The molecule has 0 aliphatic carbocycles. The lowest BCUT2D eigenvalue weighted by molar-refractivity contribution is -0.119. The molecule has 1 atom stereocenters. The fourth-order valence-corrected chi connectivity index (χ4v) is 2.95. The first-order valence-corrected chi connectivity index (χ1v) is 8.57. The van der Waals surface area contributed by atoms with Crippen LogP contribution in [-0.4, -0.2) is 33.3 Å². The van der Waals surface area contributed by atoms with Gasteiger partial charge in [0.05, 0.1) is 10.9 Å². The van der Waals surface area contributed by atoms with E-state index in [4.69, 9.17) is 0 Å². The number of imide groups is 1. The standard InChI is InChI=1S/C15H26N4O2S/c1-6-8-9-19-11(4)10(3)17-15(19)22-12(5)13(20)18-14(21)16-7-2/h12H,6-9H2,1-5H3,(H2,16,18,20,21)/t12-/m1/s1. The van der Waals surface area contributed by atoms with Gasteiger partial charge in [0.1, 0.15) is 0 Å². The summed E-state index contributed by atoms with van der Waals surface area (Å²) in [5.41, 5.74) is 2.11. The van der Waals surface area contributed by atoms with Gasteiger partial charge in [-0.15, -0.1) is 0 Å². The largest absolute Gasteiger partial charge is 0.338 e. The van der Waals surface area contributed by atoms with Gasteiger partial charge in [0.25, 0.3) is 0 Å². The molecule has 0 saturated heterocycles. The van der Waals surface area contributed by atoms with E-state index in [0.29, 0.717) is 6.54 Å². The number of thioether (sulfide) groups is 1. The molecule has 1 rings (SSSR count). The molecule has 0 radical (unpaired) electrons. The number of urea groups is 1. The number of amides is 3. The third kappa shape index (κ3) is 5.05. The maximum Gasteiger partial charge on any atom is 0.321 e. The lowest BCUT2D eigenvalue weighted by atomic mass is 10.3. The third-order valence-electron chi connectivity index (χ3n) is 3.38. The molecule has 1 heterocycles. The molecule has 0 fully saturated rings. The number of nitrogens with zero attached hydrogens (tertiary/aromatic N) is 2. The highest BCUT2D eigenvalue weighted by Crippen LogP contribution is 2.25. The minimum absolute atomic E-state index is 0.309. The van der Waals surface area contributed by atoms with Crippen LogP contribution in [0.3, 0.4) is 0 Å². The second-order valence-corrected chi connectivity index (χ2v) is 6.49. The monoisotopic (exact) mass is 326 g/mol. The van der Waals surface area contributed by atoms with Crippen LogP contribution < -0.4 is 10.6 Å². The fourth-order valence-electron chi connectivity index (χ4n) is 1.92. The van der Waals surface area contributed by atoms with Crippen molar-refractivity contribution in [2.24, 2.45) is 0 Å². The summed E-state index contributed by atoms with van der Waals surface area (Å²) >= 11 is 1.38. The number of aryl methyl sites for hydroxylation is 1. The minimum atomic E-state index is -0.457. The second-order valence-electron chi connectivity index (χ2n) is 5.18. The van der Waals surface area contributed by atoms with Crippen molar-refractivity contribution in [2.45, 2.75) is 64.4 Å². The van der Waals surface area contributed by atoms with E-state index >= 15 is 0 Å². The number of hydrogen-bond acceptors (Lipinski definition) is 4. The first-order valence-electron chi connectivity index (χ1n) is 7.69. The van der Waals surface area contributed by atoms with Crippen LogP contribution in [0.4, 0.5) is 4.79 Å². The molecule has 124 valence electrons. The summed E-state index contributed by atoms with van der Waals surface area (Å²) in [5, 5.41) is 5.33. The maximum atomic E-state index is 12.0. The summed E-state index contributed by atoms with van der Waals surface area (Å²) < 4.78 is 2.15. The van der Waals surface area contributed by atoms with Gasteiger partial charge in [0.15, 0.2) is 5.16 Å². The highest BCUT2D eigenvalue weighted by molar-refractivity contribution is 8.00. The summed E-state index contributed by atoms with van der Waals surface area (Å²) in [7, 11) is 0.